The van der Waals surface area contributed by atoms with Crippen molar-refractivity contribution in [1.82, 2.24) is 0 Å². The van der Waals surface area contributed by atoms with E-state index < -0.39 is 8.07 Å². The molecule has 3 nitrogen and oxygen atoms in total. The predicted octanol–water partition coefficient (Wildman–Crippen LogP) is 7.11. The Hall–Kier alpha value is -3.16. The van der Waals surface area contributed by atoms with Gasteiger partial charge in [0.2, 0.25) is 0 Å². The molecule has 3 aromatic rings. The Labute approximate surface area is 186 Å². The minimum absolute atomic E-state index is 0.369. The van der Waals surface area contributed by atoms with Crippen LogP contribution in [0.1, 0.15) is 34.3 Å². The first-order chi connectivity index (χ1) is 14.9. The van der Waals surface area contributed by atoms with Crippen LogP contribution in [0.2, 0.25) is 25.7 Å². The van der Waals surface area contributed by atoms with Crippen molar-refractivity contribution in [2.24, 2.45) is 0 Å². The summed E-state index contributed by atoms with van der Waals surface area (Å²) in [5, 5.41) is 8.99. The van der Waals surface area contributed by atoms with Crippen LogP contribution in [0.3, 0.4) is 0 Å². The first-order valence-electron chi connectivity index (χ1n) is 10.8. The van der Waals surface area contributed by atoms with Gasteiger partial charge in [0.05, 0.1) is 17.2 Å². The maximum Gasteiger partial charge on any atom is 0.343 e. The number of nitriles is 1. The van der Waals surface area contributed by atoms with Crippen LogP contribution in [0.5, 0.6) is 5.75 Å². The summed E-state index contributed by atoms with van der Waals surface area (Å²) in [4.78, 5) is 12.7. The number of benzene rings is 3. The van der Waals surface area contributed by atoms with E-state index in [9.17, 15) is 4.79 Å². The van der Waals surface area contributed by atoms with Crippen LogP contribution in [0.25, 0.3) is 11.1 Å². The Bertz CT molecular complexity index is 1060. The van der Waals surface area contributed by atoms with Crippen LogP contribution >= 0.6 is 0 Å². The molecule has 0 spiro atoms. The van der Waals surface area contributed by atoms with Crippen LogP contribution in [0, 0.1) is 11.3 Å². The third kappa shape index (κ3) is 6.67. The monoisotopic (exact) mass is 427 g/mol. The topological polar surface area (TPSA) is 50.1 Å². The quantitative estimate of drug-likeness (QED) is 0.167. The molecule has 0 N–H and O–H groups in total. The lowest BCUT2D eigenvalue weighted by atomic mass is 10.0. The number of unbranched alkanes of at least 4 members (excludes halogenated alkanes) is 1. The van der Waals surface area contributed by atoms with E-state index in [0.717, 1.165) is 17.5 Å². The highest BCUT2D eigenvalue weighted by molar-refractivity contribution is 6.76. The van der Waals surface area contributed by atoms with Gasteiger partial charge in [0.1, 0.15) is 5.75 Å². The highest BCUT2D eigenvalue weighted by Crippen LogP contribution is 2.30. The minimum atomic E-state index is -0.966. The zero-order valence-electron chi connectivity index (χ0n) is 18.5. The van der Waals surface area contributed by atoms with E-state index in [1.165, 1.54) is 24.4 Å². The summed E-state index contributed by atoms with van der Waals surface area (Å²) in [6.07, 6.45) is 3.50. The highest BCUT2D eigenvalue weighted by atomic mass is 28.3. The summed E-state index contributed by atoms with van der Waals surface area (Å²) in [6.45, 7) is 7.23. The van der Waals surface area contributed by atoms with Crippen molar-refractivity contribution < 1.29 is 9.53 Å². The van der Waals surface area contributed by atoms with Gasteiger partial charge >= 0.3 is 5.97 Å². The van der Waals surface area contributed by atoms with Crippen molar-refractivity contribution in [3.05, 3.63) is 89.5 Å². The Kier molecular flexibility index (Phi) is 7.44. The lowest BCUT2D eigenvalue weighted by Gasteiger charge is -2.15. The molecule has 0 saturated carbocycles. The largest absolute Gasteiger partial charge is 0.422 e. The van der Waals surface area contributed by atoms with Crippen molar-refractivity contribution in [3.8, 4) is 22.9 Å². The van der Waals surface area contributed by atoms with Crippen LogP contribution in [0.15, 0.2) is 72.8 Å². The summed E-state index contributed by atoms with van der Waals surface area (Å²) in [7, 11) is -0.966. The van der Waals surface area contributed by atoms with E-state index in [0.29, 0.717) is 16.9 Å². The van der Waals surface area contributed by atoms with Crippen molar-refractivity contribution in [2.45, 2.75) is 44.9 Å². The third-order valence-corrected chi connectivity index (χ3v) is 7.10. The fraction of sp³-hybridized carbons (Fsp3) is 0.259. The molecule has 0 heterocycles. The maximum absolute atomic E-state index is 12.7. The van der Waals surface area contributed by atoms with Crippen LogP contribution in [0.4, 0.5) is 0 Å². The van der Waals surface area contributed by atoms with Gasteiger partial charge in [-0.15, -0.1) is 0 Å². The SMILES string of the molecule is C[Si](C)(C)CCCCc1ccc(C(=O)Oc2ccccc2-c2ccc(C#N)cc2)cc1. The standard InChI is InChI=1S/C27H29NO2Si/c1-31(2,3)19-7-6-8-21-11-17-24(18-12-21)27(29)30-26-10-5-4-9-25(26)23-15-13-22(20-28)14-16-23/h4-5,9-18H,6-8,19H2,1-3H3. The van der Waals surface area contributed by atoms with Gasteiger partial charge in [-0.05, 0) is 54.3 Å². The second-order valence-corrected chi connectivity index (χ2v) is 14.7. The van der Waals surface area contributed by atoms with E-state index in [2.05, 4.69) is 25.7 Å². The number of hydrogen-bond acceptors (Lipinski definition) is 3. The van der Waals surface area contributed by atoms with E-state index in [-0.39, 0.29) is 5.97 Å². The Morgan fingerprint density at radius 1 is 0.903 bits per heavy atom. The van der Waals surface area contributed by atoms with E-state index in [1.54, 1.807) is 18.2 Å². The Morgan fingerprint density at radius 3 is 2.23 bits per heavy atom. The number of aryl methyl sites for hydroxylation is 1. The minimum Gasteiger partial charge on any atom is -0.422 e. The predicted molar refractivity (Wildman–Crippen MR) is 129 cm³/mol. The number of rotatable bonds is 8. The van der Waals surface area contributed by atoms with Gasteiger partial charge in [0.25, 0.3) is 0 Å². The molecule has 0 fully saturated rings. The molecule has 0 aliphatic carbocycles. The molecule has 3 aromatic carbocycles. The molecule has 0 unspecified atom stereocenters. The molecule has 0 bridgehead atoms. The molecule has 31 heavy (non-hydrogen) atoms. The molecular weight excluding hydrogens is 398 g/mol. The smallest absolute Gasteiger partial charge is 0.343 e. The van der Waals surface area contributed by atoms with Crippen LogP contribution < -0.4 is 4.74 Å². The molecule has 3 rings (SSSR count). The molecular formula is C27H29NO2Si. The fourth-order valence-corrected chi connectivity index (χ4v) is 4.78. The maximum atomic E-state index is 12.7. The lowest BCUT2D eigenvalue weighted by Crippen LogP contribution is -2.18. The summed E-state index contributed by atoms with van der Waals surface area (Å²) in [6, 6.07) is 25.9. The zero-order chi connectivity index (χ0) is 22.3. The van der Waals surface area contributed by atoms with Gasteiger partial charge in [-0.1, -0.05) is 74.6 Å². The number of esters is 1. The molecule has 158 valence electrons. The van der Waals surface area contributed by atoms with Gasteiger partial charge in [0.15, 0.2) is 0 Å². The number of hydrogen-bond donors (Lipinski definition) is 0. The first kappa shape index (κ1) is 22.5. The molecule has 0 atom stereocenters. The molecule has 0 aliphatic heterocycles. The number of carbonyl (C=O) groups excluding carboxylic acids is 1. The number of para-hydroxylation sites is 1. The highest BCUT2D eigenvalue weighted by Gasteiger charge is 2.14. The summed E-state index contributed by atoms with van der Waals surface area (Å²) in [5.74, 6) is 0.138. The molecule has 0 saturated heterocycles. The summed E-state index contributed by atoms with van der Waals surface area (Å²) in [5.41, 5.74) is 4.11. The second kappa shape index (κ2) is 10.2. The summed E-state index contributed by atoms with van der Waals surface area (Å²) < 4.78 is 5.72. The van der Waals surface area contributed by atoms with E-state index >= 15 is 0 Å². The van der Waals surface area contributed by atoms with Crippen LogP contribution in [-0.4, -0.2) is 14.0 Å². The van der Waals surface area contributed by atoms with Gasteiger partial charge < -0.3 is 4.74 Å². The molecule has 0 aromatic heterocycles. The van der Waals surface area contributed by atoms with Crippen molar-refractivity contribution in [3.63, 3.8) is 0 Å². The van der Waals surface area contributed by atoms with E-state index in [4.69, 9.17) is 10.00 Å². The normalized spacial score (nSPS) is 11.0. The van der Waals surface area contributed by atoms with Gasteiger partial charge in [-0.3, -0.25) is 0 Å². The Morgan fingerprint density at radius 2 is 1.58 bits per heavy atom. The van der Waals surface area contributed by atoms with Gasteiger partial charge in [-0.25, -0.2) is 4.79 Å². The van der Waals surface area contributed by atoms with Crippen molar-refractivity contribution >= 4 is 14.0 Å². The zero-order valence-corrected chi connectivity index (χ0v) is 19.5. The number of carbonyl (C=O) groups is 1. The van der Waals surface area contributed by atoms with E-state index in [1.807, 2.05) is 54.6 Å². The van der Waals surface area contributed by atoms with Gasteiger partial charge in [0, 0.05) is 13.6 Å². The fourth-order valence-electron chi connectivity index (χ4n) is 3.47. The Balaban J connectivity index is 1.65. The second-order valence-electron chi connectivity index (χ2n) is 9.04. The van der Waals surface area contributed by atoms with Crippen LogP contribution in [-0.2, 0) is 6.42 Å². The number of nitrogens with zero attached hydrogens (tertiary/aromatic N) is 1. The molecule has 4 heteroatoms. The first-order valence-corrected chi connectivity index (χ1v) is 14.5. The molecule has 0 aliphatic rings. The average molecular weight is 428 g/mol. The lowest BCUT2D eigenvalue weighted by molar-refractivity contribution is 0.0735. The van der Waals surface area contributed by atoms with Crippen molar-refractivity contribution in [2.75, 3.05) is 0 Å². The average Bonchev–Trinajstić information content (AvgIpc) is 2.77. The third-order valence-electron chi connectivity index (χ3n) is 5.25. The number of ether oxygens (including phenoxy) is 1. The van der Waals surface area contributed by atoms with Crippen molar-refractivity contribution in [1.29, 1.82) is 5.26 Å². The summed E-state index contributed by atoms with van der Waals surface area (Å²) >= 11 is 0. The molecule has 0 amide bonds. The van der Waals surface area contributed by atoms with Gasteiger partial charge in [-0.2, -0.15) is 5.26 Å². The molecule has 0 radical (unpaired) electrons.